The van der Waals surface area contributed by atoms with Gasteiger partial charge in [0, 0.05) is 5.02 Å². The first-order valence-electron chi connectivity index (χ1n) is 4.13. The summed E-state index contributed by atoms with van der Waals surface area (Å²) in [7, 11) is 1.67. The number of likely N-dealkylation sites (N-methyl/N-ethyl adjacent to an activating group) is 1. The fraction of sp³-hybridized carbons (Fsp3) is 0.222. The number of carbonyl (C=O) groups excluding carboxylic acids is 1. The van der Waals surface area contributed by atoms with E-state index in [1.54, 1.807) is 7.05 Å². The molecule has 0 aliphatic rings. The van der Waals surface area contributed by atoms with E-state index in [9.17, 15) is 4.79 Å². The summed E-state index contributed by atoms with van der Waals surface area (Å²) >= 11 is 17.5. The third-order valence-corrected chi connectivity index (χ3v) is 2.42. The van der Waals surface area contributed by atoms with Crippen LogP contribution in [0.25, 0.3) is 0 Å². The van der Waals surface area contributed by atoms with Gasteiger partial charge in [0.15, 0.2) is 0 Å². The van der Waals surface area contributed by atoms with Gasteiger partial charge in [-0.15, -0.1) is 0 Å². The average molecular weight is 268 g/mol. The van der Waals surface area contributed by atoms with Crippen LogP contribution in [0.4, 0.5) is 5.69 Å². The third-order valence-electron chi connectivity index (χ3n) is 1.61. The number of benzene rings is 1. The molecule has 0 bridgehead atoms. The van der Waals surface area contributed by atoms with Crippen LogP contribution in [-0.2, 0) is 4.79 Å². The van der Waals surface area contributed by atoms with Gasteiger partial charge in [0.25, 0.3) is 0 Å². The minimum absolute atomic E-state index is 0.190. The highest BCUT2D eigenvalue weighted by Gasteiger charge is 2.10. The predicted octanol–water partition coefficient (Wildman–Crippen LogP) is 2.80. The largest absolute Gasteiger partial charge is 0.322 e. The second-order valence-electron chi connectivity index (χ2n) is 2.82. The molecule has 15 heavy (non-hydrogen) atoms. The molecule has 0 radical (unpaired) electrons. The number of amides is 1. The number of nitrogens with one attached hydrogen (secondary N) is 2. The standard InChI is InChI=1S/C9H9Cl3N2O/c1-13-4-8(15)14-9-6(11)2-5(10)3-7(9)12/h2-3,13H,4H2,1H3,(H,14,15). The molecule has 1 rings (SSSR count). The van der Waals surface area contributed by atoms with Gasteiger partial charge in [-0.25, -0.2) is 0 Å². The maximum absolute atomic E-state index is 11.3. The molecule has 0 fully saturated rings. The number of hydrogen-bond donors (Lipinski definition) is 2. The number of carbonyl (C=O) groups is 1. The molecule has 0 heterocycles. The zero-order valence-electron chi connectivity index (χ0n) is 7.90. The van der Waals surface area contributed by atoms with Crippen molar-refractivity contribution in [1.29, 1.82) is 0 Å². The normalized spacial score (nSPS) is 10.1. The fourth-order valence-corrected chi connectivity index (χ4v) is 1.92. The summed E-state index contributed by atoms with van der Waals surface area (Å²) in [5, 5.41) is 6.36. The summed E-state index contributed by atoms with van der Waals surface area (Å²) in [5.41, 5.74) is 0.378. The average Bonchev–Trinajstić information content (AvgIpc) is 2.11. The Morgan fingerprint density at radius 3 is 2.27 bits per heavy atom. The molecule has 0 unspecified atom stereocenters. The molecule has 1 aromatic rings. The van der Waals surface area contributed by atoms with Gasteiger partial charge in [0.1, 0.15) is 0 Å². The van der Waals surface area contributed by atoms with E-state index >= 15 is 0 Å². The lowest BCUT2D eigenvalue weighted by Gasteiger charge is -2.09. The Bertz CT molecular complexity index is 359. The quantitative estimate of drug-likeness (QED) is 0.884. The molecule has 3 nitrogen and oxygen atoms in total. The van der Waals surface area contributed by atoms with Gasteiger partial charge in [0.05, 0.1) is 22.3 Å². The number of halogens is 3. The Hall–Kier alpha value is -0.480. The fourth-order valence-electron chi connectivity index (χ4n) is 1.01. The molecule has 2 N–H and O–H groups in total. The van der Waals surface area contributed by atoms with Crippen molar-refractivity contribution in [3.8, 4) is 0 Å². The highest BCUT2D eigenvalue weighted by atomic mass is 35.5. The topological polar surface area (TPSA) is 41.1 Å². The Labute approximate surface area is 103 Å². The van der Waals surface area contributed by atoms with Crippen molar-refractivity contribution >= 4 is 46.4 Å². The number of anilines is 1. The van der Waals surface area contributed by atoms with Gasteiger partial charge in [-0.05, 0) is 19.2 Å². The van der Waals surface area contributed by atoms with E-state index in [0.717, 1.165) is 0 Å². The van der Waals surface area contributed by atoms with Crippen molar-refractivity contribution in [2.45, 2.75) is 0 Å². The van der Waals surface area contributed by atoms with Gasteiger partial charge < -0.3 is 10.6 Å². The van der Waals surface area contributed by atoms with Crippen LogP contribution < -0.4 is 10.6 Å². The van der Waals surface area contributed by atoms with Crippen LogP contribution in [0, 0.1) is 0 Å². The second kappa shape index (κ2) is 5.56. The zero-order chi connectivity index (χ0) is 11.4. The third kappa shape index (κ3) is 3.54. The second-order valence-corrected chi connectivity index (χ2v) is 4.07. The summed E-state index contributed by atoms with van der Waals surface area (Å²) in [6.45, 7) is 0.190. The Kier molecular flexibility index (Phi) is 4.67. The Morgan fingerprint density at radius 1 is 1.27 bits per heavy atom. The first-order chi connectivity index (χ1) is 7.04. The van der Waals surface area contributed by atoms with Crippen molar-refractivity contribution in [2.75, 3.05) is 18.9 Å². The smallest absolute Gasteiger partial charge is 0.238 e. The summed E-state index contributed by atoms with van der Waals surface area (Å²) < 4.78 is 0. The Morgan fingerprint density at radius 2 is 1.80 bits per heavy atom. The molecule has 0 spiro atoms. The lowest BCUT2D eigenvalue weighted by Crippen LogP contribution is -2.25. The van der Waals surface area contributed by atoms with E-state index < -0.39 is 0 Å². The minimum atomic E-state index is -0.219. The minimum Gasteiger partial charge on any atom is -0.322 e. The number of hydrogen-bond acceptors (Lipinski definition) is 2. The van der Waals surface area contributed by atoms with Crippen LogP contribution in [0.5, 0.6) is 0 Å². The molecule has 0 atom stereocenters. The zero-order valence-corrected chi connectivity index (χ0v) is 10.2. The van der Waals surface area contributed by atoms with Crippen LogP contribution >= 0.6 is 34.8 Å². The van der Waals surface area contributed by atoms with E-state index in [0.29, 0.717) is 20.8 Å². The van der Waals surface area contributed by atoms with Gasteiger partial charge in [-0.3, -0.25) is 4.79 Å². The molecule has 0 saturated carbocycles. The van der Waals surface area contributed by atoms with Crippen molar-refractivity contribution in [1.82, 2.24) is 5.32 Å². The lowest BCUT2D eigenvalue weighted by atomic mass is 10.3. The summed E-state index contributed by atoms with van der Waals surface area (Å²) in [5.74, 6) is -0.219. The summed E-state index contributed by atoms with van der Waals surface area (Å²) in [6.07, 6.45) is 0. The van der Waals surface area contributed by atoms with Crippen LogP contribution in [0.3, 0.4) is 0 Å². The van der Waals surface area contributed by atoms with Gasteiger partial charge >= 0.3 is 0 Å². The Balaban J connectivity index is 2.90. The first kappa shape index (κ1) is 12.6. The monoisotopic (exact) mass is 266 g/mol. The highest BCUT2D eigenvalue weighted by Crippen LogP contribution is 2.33. The number of rotatable bonds is 3. The van der Waals surface area contributed by atoms with Crippen LogP contribution in [-0.4, -0.2) is 19.5 Å². The van der Waals surface area contributed by atoms with Gasteiger partial charge in [-0.2, -0.15) is 0 Å². The van der Waals surface area contributed by atoms with Crippen LogP contribution in [0.2, 0.25) is 15.1 Å². The van der Waals surface area contributed by atoms with E-state index in [4.69, 9.17) is 34.8 Å². The predicted molar refractivity (Wildman–Crippen MR) is 64.0 cm³/mol. The van der Waals surface area contributed by atoms with Gasteiger partial charge in [-0.1, -0.05) is 34.8 Å². The molecule has 1 aromatic carbocycles. The molecule has 82 valence electrons. The molecule has 0 aromatic heterocycles. The molecular weight excluding hydrogens is 258 g/mol. The summed E-state index contributed by atoms with van der Waals surface area (Å²) in [6, 6.07) is 3.04. The van der Waals surface area contributed by atoms with Crippen molar-refractivity contribution < 1.29 is 4.79 Å². The van der Waals surface area contributed by atoms with E-state index in [-0.39, 0.29) is 12.5 Å². The van der Waals surface area contributed by atoms with Crippen molar-refractivity contribution in [3.63, 3.8) is 0 Å². The molecule has 0 saturated heterocycles. The maximum atomic E-state index is 11.3. The molecule has 0 aliphatic carbocycles. The van der Waals surface area contributed by atoms with E-state index in [1.165, 1.54) is 12.1 Å². The van der Waals surface area contributed by atoms with E-state index in [2.05, 4.69) is 10.6 Å². The first-order valence-corrected chi connectivity index (χ1v) is 5.27. The molecule has 0 aliphatic heterocycles. The lowest BCUT2D eigenvalue weighted by molar-refractivity contribution is -0.115. The SMILES string of the molecule is CNCC(=O)Nc1c(Cl)cc(Cl)cc1Cl. The molecule has 6 heteroatoms. The summed E-state index contributed by atoms with van der Waals surface area (Å²) in [4.78, 5) is 11.3. The maximum Gasteiger partial charge on any atom is 0.238 e. The van der Waals surface area contributed by atoms with Gasteiger partial charge in [0.2, 0.25) is 5.91 Å². The van der Waals surface area contributed by atoms with Crippen molar-refractivity contribution in [2.24, 2.45) is 0 Å². The van der Waals surface area contributed by atoms with Crippen LogP contribution in [0.15, 0.2) is 12.1 Å². The molecule has 1 amide bonds. The van der Waals surface area contributed by atoms with E-state index in [1.807, 2.05) is 0 Å². The van der Waals surface area contributed by atoms with Crippen molar-refractivity contribution in [3.05, 3.63) is 27.2 Å². The van der Waals surface area contributed by atoms with Crippen LogP contribution in [0.1, 0.15) is 0 Å². The highest BCUT2D eigenvalue weighted by molar-refractivity contribution is 6.42. The molecular formula is C9H9Cl3N2O.